The van der Waals surface area contributed by atoms with E-state index in [1.54, 1.807) is 16.7 Å². The Balaban J connectivity index is 2.65. The molecule has 1 amide bonds. The third-order valence-electron chi connectivity index (χ3n) is 3.58. The molecule has 1 unspecified atom stereocenters. The van der Waals surface area contributed by atoms with E-state index in [-0.39, 0.29) is 5.91 Å². The van der Waals surface area contributed by atoms with Crippen LogP contribution in [0, 0.1) is 5.41 Å². The Hall–Kier alpha value is -0.710. The van der Waals surface area contributed by atoms with Gasteiger partial charge in [0.05, 0.1) is 5.41 Å². The number of likely N-dealkylation sites (tertiary alicyclic amines) is 1. The summed E-state index contributed by atoms with van der Waals surface area (Å²) >= 11 is 1.64. The van der Waals surface area contributed by atoms with Gasteiger partial charge >= 0.3 is 5.97 Å². The van der Waals surface area contributed by atoms with Crippen LogP contribution in [-0.2, 0) is 9.59 Å². The highest BCUT2D eigenvalue weighted by Gasteiger charge is 2.41. The molecule has 1 atom stereocenters. The lowest BCUT2D eigenvalue weighted by Crippen LogP contribution is -2.49. The monoisotopic (exact) mass is 259 g/mol. The summed E-state index contributed by atoms with van der Waals surface area (Å²) in [5, 5.41) is 9.32. The third kappa shape index (κ3) is 3.37. The topological polar surface area (TPSA) is 57.6 Å². The molecule has 4 nitrogen and oxygen atoms in total. The second-order valence-electron chi connectivity index (χ2n) is 4.60. The molecule has 1 N–H and O–H groups in total. The Bertz CT molecular complexity index is 295. The third-order valence-corrected chi connectivity index (χ3v) is 4.19. The second kappa shape index (κ2) is 6.28. The summed E-state index contributed by atoms with van der Waals surface area (Å²) in [5.41, 5.74) is -0.715. The number of piperidine rings is 1. The first-order valence-electron chi connectivity index (χ1n) is 6.06. The number of thioether (sulfide) groups is 1. The van der Waals surface area contributed by atoms with Crippen molar-refractivity contribution in [3.05, 3.63) is 0 Å². The van der Waals surface area contributed by atoms with Gasteiger partial charge < -0.3 is 10.0 Å². The van der Waals surface area contributed by atoms with Crippen LogP contribution in [-0.4, -0.2) is 47.0 Å². The Morgan fingerprint density at radius 3 is 2.71 bits per heavy atom. The molecule has 1 heterocycles. The number of carboxylic acids is 1. The smallest absolute Gasteiger partial charge is 0.311 e. The van der Waals surface area contributed by atoms with Gasteiger partial charge in [-0.3, -0.25) is 9.59 Å². The Morgan fingerprint density at radius 1 is 1.47 bits per heavy atom. The molecule has 98 valence electrons. The largest absolute Gasteiger partial charge is 0.481 e. The number of rotatable bonds is 5. The van der Waals surface area contributed by atoms with Crippen molar-refractivity contribution < 1.29 is 14.7 Å². The van der Waals surface area contributed by atoms with Crippen molar-refractivity contribution >= 4 is 23.6 Å². The van der Waals surface area contributed by atoms with Gasteiger partial charge in [-0.15, -0.1) is 0 Å². The Kier molecular flexibility index (Phi) is 5.31. The summed E-state index contributed by atoms with van der Waals surface area (Å²) in [7, 11) is 0. The van der Waals surface area contributed by atoms with Crippen molar-refractivity contribution in [2.75, 3.05) is 25.1 Å². The summed E-state index contributed by atoms with van der Waals surface area (Å²) in [4.78, 5) is 25.0. The maximum absolute atomic E-state index is 11.9. The lowest BCUT2D eigenvalue weighted by Gasteiger charge is -2.39. The van der Waals surface area contributed by atoms with Crippen LogP contribution in [0.1, 0.15) is 32.6 Å². The molecule has 1 saturated heterocycles. The summed E-state index contributed by atoms with van der Waals surface area (Å²) in [5.74, 6) is 0.141. The average Bonchev–Trinajstić information content (AvgIpc) is 2.35. The number of hydrogen-bond acceptors (Lipinski definition) is 3. The quantitative estimate of drug-likeness (QED) is 0.818. The Labute approximate surface area is 107 Å². The summed E-state index contributed by atoms with van der Waals surface area (Å²) in [6, 6.07) is 0. The van der Waals surface area contributed by atoms with Gasteiger partial charge in [-0.2, -0.15) is 11.8 Å². The highest BCUT2D eigenvalue weighted by atomic mass is 32.2. The molecule has 0 aromatic heterocycles. The van der Waals surface area contributed by atoms with Crippen LogP contribution in [0.3, 0.4) is 0 Å². The number of aliphatic carboxylic acids is 1. The van der Waals surface area contributed by atoms with E-state index in [9.17, 15) is 14.7 Å². The SMILES string of the molecule is CCC1(C(=O)O)CCCN(C(=O)CCSC)C1. The van der Waals surface area contributed by atoms with Gasteiger partial charge in [0.1, 0.15) is 0 Å². The maximum atomic E-state index is 11.9. The van der Waals surface area contributed by atoms with Crippen molar-refractivity contribution in [3.63, 3.8) is 0 Å². The van der Waals surface area contributed by atoms with E-state index in [1.807, 2.05) is 13.2 Å². The van der Waals surface area contributed by atoms with Crippen molar-refractivity contribution in [1.82, 2.24) is 4.90 Å². The number of carbonyl (C=O) groups excluding carboxylic acids is 1. The maximum Gasteiger partial charge on any atom is 0.311 e. The highest BCUT2D eigenvalue weighted by Crippen LogP contribution is 2.33. The normalized spacial score (nSPS) is 24.7. The number of hydrogen-bond donors (Lipinski definition) is 1. The van der Waals surface area contributed by atoms with E-state index >= 15 is 0 Å². The molecule has 17 heavy (non-hydrogen) atoms. The van der Waals surface area contributed by atoms with Crippen molar-refractivity contribution in [1.29, 1.82) is 0 Å². The number of carbonyl (C=O) groups is 2. The molecule has 5 heteroatoms. The van der Waals surface area contributed by atoms with Crippen LogP contribution >= 0.6 is 11.8 Å². The van der Waals surface area contributed by atoms with E-state index in [1.165, 1.54) is 0 Å². The van der Waals surface area contributed by atoms with E-state index in [2.05, 4.69) is 0 Å². The molecule has 0 aromatic carbocycles. The average molecular weight is 259 g/mol. The summed E-state index contributed by atoms with van der Waals surface area (Å²) in [6.07, 6.45) is 4.56. The fourth-order valence-corrected chi connectivity index (χ4v) is 2.69. The lowest BCUT2D eigenvalue weighted by atomic mass is 9.77. The zero-order valence-corrected chi connectivity index (χ0v) is 11.4. The molecule has 0 aliphatic carbocycles. The van der Waals surface area contributed by atoms with Crippen LogP contribution < -0.4 is 0 Å². The van der Waals surface area contributed by atoms with E-state index in [4.69, 9.17) is 0 Å². The zero-order valence-electron chi connectivity index (χ0n) is 10.6. The van der Waals surface area contributed by atoms with E-state index < -0.39 is 11.4 Å². The van der Waals surface area contributed by atoms with Crippen LogP contribution in [0.4, 0.5) is 0 Å². The standard InChI is InChI=1S/C12H21NO3S/c1-3-12(11(15)16)6-4-7-13(9-12)10(14)5-8-17-2/h3-9H2,1-2H3,(H,15,16). The summed E-state index contributed by atoms with van der Waals surface area (Å²) in [6.45, 7) is 2.98. The highest BCUT2D eigenvalue weighted by molar-refractivity contribution is 7.98. The fraction of sp³-hybridized carbons (Fsp3) is 0.833. The lowest BCUT2D eigenvalue weighted by molar-refractivity contribution is -0.155. The van der Waals surface area contributed by atoms with Crippen molar-refractivity contribution in [2.45, 2.75) is 32.6 Å². The minimum absolute atomic E-state index is 0.0955. The molecule has 1 fully saturated rings. The Morgan fingerprint density at radius 2 is 2.18 bits per heavy atom. The molecule has 0 bridgehead atoms. The molecule has 1 aliphatic rings. The van der Waals surface area contributed by atoms with Crippen LogP contribution in [0.25, 0.3) is 0 Å². The van der Waals surface area contributed by atoms with Crippen LogP contribution in [0.2, 0.25) is 0 Å². The van der Waals surface area contributed by atoms with Gasteiger partial charge in [0.25, 0.3) is 0 Å². The van der Waals surface area contributed by atoms with Gasteiger partial charge in [-0.1, -0.05) is 6.92 Å². The van der Waals surface area contributed by atoms with Crippen molar-refractivity contribution in [3.8, 4) is 0 Å². The summed E-state index contributed by atoms with van der Waals surface area (Å²) < 4.78 is 0. The first kappa shape index (κ1) is 14.4. The first-order valence-corrected chi connectivity index (χ1v) is 7.45. The van der Waals surface area contributed by atoms with Gasteiger partial charge in [-0.05, 0) is 25.5 Å². The van der Waals surface area contributed by atoms with Gasteiger partial charge in [-0.25, -0.2) is 0 Å². The second-order valence-corrected chi connectivity index (χ2v) is 5.59. The van der Waals surface area contributed by atoms with Gasteiger partial charge in [0, 0.05) is 25.3 Å². The molecule has 0 saturated carbocycles. The van der Waals surface area contributed by atoms with Crippen LogP contribution in [0.5, 0.6) is 0 Å². The van der Waals surface area contributed by atoms with Gasteiger partial charge in [0.2, 0.25) is 5.91 Å². The number of carboxylic acid groups (broad SMARTS) is 1. The molecule has 1 aliphatic heterocycles. The minimum Gasteiger partial charge on any atom is -0.481 e. The molecule has 1 rings (SSSR count). The molecule has 0 radical (unpaired) electrons. The molecule has 0 aromatic rings. The number of amides is 1. The predicted molar refractivity (Wildman–Crippen MR) is 69.2 cm³/mol. The fourth-order valence-electron chi connectivity index (χ4n) is 2.31. The van der Waals surface area contributed by atoms with Crippen molar-refractivity contribution in [2.24, 2.45) is 5.41 Å². The predicted octanol–water partition coefficient (Wildman–Crippen LogP) is 1.84. The van der Waals surface area contributed by atoms with E-state index in [0.717, 1.165) is 12.2 Å². The number of nitrogens with zero attached hydrogens (tertiary/aromatic N) is 1. The minimum atomic E-state index is -0.762. The zero-order chi connectivity index (χ0) is 12.9. The first-order chi connectivity index (χ1) is 8.05. The molecular weight excluding hydrogens is 238 g/mol. The molecule has 0 spiro atoms. The molecular formula is C12H21NO3S. The van der Waals surface area contributed by atoms with Crippen LogP contribution in [0.15, 0.2) is 0 Å². The van der Waals surface area contributed by atoms with Gasteiger partial charge in [0.15, 0.2) is 0 Å². The van der Waals surface area contributed by atoms with E-state index in [0.29, 0.717) is 32.4 Å².